The Morgan fingerprint density at radius 2 is 1.83 bits per heavy atom. The number of rotatable bonds is 4. The number of non-ortho nitro benzene ring substituents is 1. The predicted octanol–water partition coefficient (Wildman–Crippen LogP) is 5.06. The van der Waals surface area contributed by atoms with Crippen LogP contribution in [0.25, 0.3) is 21.0 Å². The van der Waals surface area contributed by atoms with Crippen molar-refractivity contribution in [2.24, 2.45) is 0 Å². The van der Waals surface area contributed by atoms with Gasteiger partial charge in [-0.3, -0.25) is 24.8 Å². The maximum atomic E-state index is 13.2. The quantitative estimate of drug-likeness (QED) is 0.288. The molecule has 7 nitrogen and oxygen atoms in total. The van der Waals surface area contributed by atoms with E-state index in [9.17, 15) is 28.1 Å². The number of aromatic nitrogens is 1. The van der Waals surface area contributed by atoms with Crippen LogP contribution in [0.5, 0.6) is 0 Å². The second-order valence-electron chi connectivity index (χ2n) is 8.37. The maximum Gasteiger partial charge on any atom is 0.416 e. The molecule has 2 aromatic carbocycles. The molecular formula is C24H19F3N4O3S. The van der Waals surface area contributed by atoms with Crippen LogP contribution in [-0.4, -0.2) is 41.0 Å². The van der Waals surface area contributed by atoms with E-state index in [1.807, 2.05) is 29.2 Å². The molecule has 0 unspecified atom stereocenters. The predicted molar refractivity (Wildman–Crippen MR) is 129 cm³/mol. The fourth-order valence-corrected chi connectivity index (χ4v) is 5.49. The monoisotopic (exact) mass is 500 g/mol. The number of fused-ring (bicyclic) bond motifs is 2. The highest BCUT2D eigenvalue weighted by Crippen LogP contribution is 2.39. The molecule has 0 bridgehead atoms. The van der Waals surface area contributed by atoms with Crippen LogP contribution in [0, 0.1) is 10.1 Å². The molecule has 0 N–H and O–H groups in total. The molecule has 2 aromatic heterocycles. The minimum atomic E-state index is -4.79. The molecule has 0 radical (unpaired) electrons. The Hall–Kier alpha value is -3.57. The first-order chi connectivity index (χ1) is 16.7. The van der Waals surface area contributed by atoms with Crippen molar-refractivity contribution in [2.75, 3.05) is 31.1 Å². The minimum Gasteiger partial charge on any atom is -0.361 e. The standard InChI is InChI=1S/C24H19F3N4O3S/c25-24(26,27)17-11-18-21(32)13-22(35-23(18)20(12-17)31(33)34)30-8-6-29(7-9-30)14-15-3-4-19-16(10-15)2-1-5-28-19/h1-5,10-13H,6-9,14H2. The van der Waals surface area contributed by atoms with Gasteiger partial charge in [-0.15, -0.1) is 11.3 Å². The van der Waals surface area contributed by atoms with Crippen LogP contribution in [-0.2, 0) is 12.7 Å². The molecule has 180 valence electrons. The number of halogens is 3. The van der Waals surface area contributed by atoms with E-state index in [-0.39, 0.29) is 10.1 Å². The van der Waals surface area contributed by atoms with Gasteiger partial charge in [0, 0.05) is 61.8 Å². The Kier molecular flexibility index (Phi) is 5.89. The van der Waals surface area contributed by atoms with Gasteiger partial charge in [0.25, 0.3) is 5.69 Å². The fourth-order valence-electron chi connectivity index (χ4n) is 4.29. The van der Waals surface area contributed by atoms with Gasteiger partial charge in [-0.1, -0.05) is 12.1 Å². The lowest BCUT2D eigenvalue weighted by atomic mass is 10.1. The molecule has 1 aliphatic rings. The summed E-state index contributed by atoms with van der Waals surface area (Å²) < 4.78 is 39.5. The van der Waals surface area contributed by atoms with E-state index in [1.165, 1.54) is 6.07 Å². The lowest BCUT2D eigenvalue weighted by Gasteiger charge is -2.35. The summed E-state index contributed by atoms with van der Waals surface area (Å²) in [6.07, 6.45) is -3.03. The second-order valence-corrected chi connectivity index (χ2v) is 9.40. The second kappa shape index (κ2) is 8.90. The molecule has 11 heteroatoms. The summed E-state index contributed by atoms with van der Waals surface area (Å²) in [5.74, 6) is 0. The van der Waals surface area contributed by atoms with Crippen LogP contribution in [0.3, 0.4) is 0 Å². The zero-order chi connectivity index (χ0) is 24.7. The van der Waals surface area contributed by atoms with Gasteiger partial charge in [0.1, 0.15) is 4.70 Å². The first kappa shape index (κ1) is 23.2. The number of hydrogen-bond acceptors (Lipinski definition) is 7. The Labute approximate surface area is 201 Å². The molecule has 0 amide bonds. The Balaban J connectivity index is 1.37. The van der Waals surface area contributed by atoms with Crippen molar-refractivity contribution >= 4 is 43.0 Å². The SMILES string of the molecule is O=c1cc(N2CCN(Cc3ccc4ncccc4c3)CC2)sc2c([N+](=O)[O-])cc(C(F)(F)F)cc12. The molecule has 0 aliphatic carbocycles. The van der Waals surface area contributed by atoms with Gasteiger partial charge in [-0.25, -0.2) is 0 Å². The largest absolute Gasteiger partial charge is 0.416 e. The zero-order valence-electron chi connectivity index (χ0n) is 18.3. The normalized spacial score (nSPS) is 15.1. The number of nitrogens with zero attached hydrogens (tertiary/aromatic N) is 4. The molecule has 4 aromatic rings. The third-order valence-electron chi connectivity index (χ3n) is 6.08. The third kappa shape index (κ3) is 4.69. The molecule has 5 rings (SSSR count). The number of benzene rings is 2. The maximum absolute atomic E-state index is 13.2. The average molecular weight is 501 g/mol. The molecule has 1 saturated heterocycles. The van der Waals surface area contributed by atoms with Gasteiger partial charge in [0.05, 0.1) is 21.0 Å². The number of piperazine rings is 1. The summed E-state index contributed by atoms with van der Waals surface area (Å²) in [4.78, 5) is 31.9. The molecule has 1 fully saturated rings. The summed E-state index contributed by atoms with van der Waals surface area (Å²) in [7, 11) is 0. The van der Waals surface area contributed by atoms with Crippen LogP contribution < -0.4 is 10.3 Å². The van der Waals surface area contributed by atoms with Crippen LogP contribution in [0.2, 0.25) is 0 Å². The van der Waals surface area contributed by atoms with E-state index in [0.29, 0.717) is 43.3 Å². The molecule has 35 heavy (non-hydrogen) atoms. The highest BCUT2D eigenvalue weighted by atomic mass is 32.1. The van der Waals surface area contributed by atoms with Gasteiger partial charge in [0.15, 0.2) is 5.43 Å². The van der Waals surface area contributed by atoms with E-state index in [1.54, 1.807) is 6.20 Å². The Morgan fingerprint density at radius 1 is 1.06 bits per heavy atom. The summed E-state index contributed by atoms with van der Waals surface area (Å²) >= 11 is 0.980. The van der Waals surface area contributed by atoms with Crippen molar-refractivity contribution in [3.05, 3.63) is 86.2 Å². The molecule has 0 saturated carbocycles. The van der Waals surface area contributed by atoms with Crippen LogP contribution in [0.15, 0.2) is 59.5 Å². The third-order valence-corrected chi connectivity index (χ3v) is 7.30. The van der Waals surface area contributed by atoms with Crippen molar-refractivity contribution in [2.45, 2.75) is 12.7 Å². The number of anilines is 1. The van der Waals surface area contributed by atoms with Gasteiger partial charge < -0.3 is 4.90 Å². The molecular weight excluding hydrogens is 481 g/mol. The summed E-state index contributed by atoms with van der Waals surface area (Å²) in [6, 6.07) is 12.5. The van der Waals surface area contributed by atoms with Crippen molar-refractivity contribution in [3.8, 4) is 0 Å². The van der Waals surface area contributed by atoms with Crippen LogP contribution in [0.1, 0.15) is 11.1 Å². The smallest absolute Gasteiger partial charge is 0.361 e. The van der Waals surface area contributed by atoms with Gasteiger partial charge in [-0.2, -0.15) is 13.2 Å². The number of pyridine rings is 1. The highest BCUT2D eigenvalue weighted by molar-refractivity contribution is 7.22. The minimum absolute atomic E-state index is 0.0438. The van der Waals surface area contributed by atoms with Crippen molar-refractivity contribution < 1.29 is 18.1 Å². The van der Waals surface area contributed by atoms with E-state index in [0.717, 1.165) is 34.3 Å². The van der Waals surface area contributed by atoms with Gasteiger partial charge in [0.2, 0.25) is 0 Å². The first-order valence-electron chi connectivity index (χ1n) is 10.8. The van der Waals surface area contributed by atoms with Crippen LogP contribution in [0.4, 0.5) is 23.9 Å². The highest BCUT2D eigenvalue weighted by Gasteiger charge is 2.34. The number of nitro benzene ring substituents is 1. The van der Waals surface area contributed by atoms with Gasteiger partial charge >= 0.3 is 6.18 Å². The van der Waals surface area contributed by atoms with E-state index >= 15 is 0 Å². The zero-order valence-corrected chi connectivity index (χ0v) is 19.1. The average Bonchev–Trinajstić information content (AvgIpc) is 2.83. The Bertz CT molecular complexity index is 1500. The summed E-state index contributed by atoms with van der Waals surface area (Å²) in [5.41, 5.74) is -0.473. The van der Waals surface area contributed by atoms with Crippen molar-refractivity contribution in [1.82, 2.24) is 9.88 Å². The van der Waals surface area contributed by atoms with E-state index < -0.39 is 27.8 Å². The number of hydrogen-bond donors (Lipinski definition) is 0. The van der Waals surface area contributed by atoms with Crippen LogP contribution >= 0.6 is 11.3 Å². The molecule has 0 atom stereocenters. The summed E-state index contributed by atoms with van der Waals surface area (Å²) in [6.45, 7) is 3.34. The first-order valence-corrected chi connectivity index (χ1v) is 11.7. The Morgan fingerprint density at radius 3 is 2.54 bits per heavy atom. The van der Waals surface area contributed by atoms with E-state index in [4.69, 9.17) is 0 Å². The molecule has 3 heterocycles. The number of alkyl halides is 3. The molecule has 1 aliphatic heterocycles. The fraction of sp³-hybridized carbons (Fsp3) is 0.250. The van der Waals surface area contributed by atoms with E-state index in [2.05, 4.69) is 16.0 Å². The van der Waals surface area contributed by atoms with Crippen molar-refractivity contribution in [3.63, 3.8) is 0 Å². The van der Waals surface area contributed by atoms with Crippen molar-refractivity contribution in [1.29, 1.82) is 0 Å². The van der Waals surface area contributed by atoms with Gasteiger partial charge in [-0.05, 0) is 29.8 Å². The summed E-state index contributed by atoms with van der Waals surface area (Å²) in [5, 5.41) is 12.8. The molecule has 0 spiro atoms. The topological polar surface area (TPSA) is 79.6 Å². The number of nitro groups is 1. The lowest BCUT2D eigenvalue weighted by molar-refractivity contribution is -0.383. The lowest BCUT2D eigenvalue weighted by Crippen LogP contribution is -2.45.